The average molecular weight is 196 g/mol. The van der Waals surface area contributed by atoms with Gasteiger partial charge in [0.25, 0.3) is 5.56 Å². The molecule has 1 atom stereocenters. The first-order valence-corrected chi connectivity index (χ1v) is 4.66. The first kappa shape index (κ1) is 10.8. The van der Waals surface area contributed by atoms with Crippen molar-refractivity contribution in [3.63, 3.8) is 0 Å². The Bertz CT molecular complexity index is 369. The molecule has 0 aliphatic heterocycles. The number of nitrogens with zero attached hydrogens (tertiary/aromatic N) is 1. The Balaban J connectivity index is 2.95. The normalized spacial score (nSPS) is 12.8. The highest BCUT2D eigenvalue weighted by Crippen LogP contribution is 2.07. The zero-order chi connectivity index (χ0) is 10.7. The van der Waals surface area contributed by atoms with Crippen molar-refractivity contribution >= 4 is 5.69 Å². The van der Waals surface area contributed by atoms with Gasteiger partial charge in [-0.15, -0.1) is 0 Å². The van der Waals surface area contributed by atoms with Crippen molar-refractivity contribution in [2.24, 2.45) is 0 Å². The van der Waals surface area contributed by atoms with E-state index in [2.05, 4.69) is 0 Å². The molecule has 0 aromatic carbocycles. The number of hydrogen-bond acceptors (Lipinski definition) is 3. The van der Waals surface area contributed by atoms with Gasteiger partial charge in [-0.25, -0.2) is 0 Å². The molecule has 0 aliphatic carbocycles. The lowest BCUT2D eigenvalue weighted by Crippen LogP contribution is -2.24. The van der Waals surface area contributed by atoms with Gasteiger partial charge in [0.1, 0.15) is 0 Å². The van der Waals surface area contributed by atoms with Crippen molar-refractivity contribution in [1.82, 2.24) is 4.57 Å². The molecule has 0 amide bonds. The van der Waals surface area contributed by atoms with Crippen molar-refractivity contribution < 1.29 is 5.11 Å². The van der Waals surface area contributed by atoms with E-state index in [4.69, 9.17) is 10.8 Å². The first-order chi connectivity index (χ1) is 6.52. The largest absolute Gasteiger partial charge is 0.397 e. The predicted octanol–water partition coefficient (Wildman–Crippen LogP) is 0.510. The van der Waals surface area contributed by atoms with Crippen LogP contribution in [0.25, 0.3) is 0 Å². The third-order valence-corrected chi connectivity index (χ3v) is 2.26. The van der Waals surface area contributed by atoms with Gasteiger partial charge in [0.05, 0.1) is 11.8 Å². The van der Waals surface area contributed by atoms with Crippen molar-refractivity contribution in [2.45, 2.75) is 32.9 Å². The molecule has 0 fully saturated rings. The summed E-state index contributed by atoms with van der Waals surface area (Å²) < 4.78 is 1.59. The molecule has 3 N–H and O–H groups in total. The van der Waals surface area contributed by atoms with E-state index in [1.54, 1.807) is 24.5 Å². The van der Waals surface area contributed by atoms with Crippen molar-refractivity contribution in [3.05, 3.63) is 28.2 Å². The van der Waals surface area contributed by atoms with E-state index in [1.165, 1.54) is 6.07 Å². The summed E-state index contributed by atoms with van der Waals surface area (Å²) in [6.45, 7) is 4.01. The van der Waals surface area contributed by atoms with Crippen LogP contribution in [0.3, 0.4) is 0 Å². The standard InChI is InChI=1S/C10H16N2O2/c1-7(13)5-6-12-8(2)9(11)3-4-10(12)14/h3-4,7,13H,5-6,11H2,1-2H3. The average Bonchev–Trinajstić information content (AvgIpc) is 2.11. The summed E-state index contributed by atoms with van der Waals surface area (Å²) in [6.07, 6.45) is 0.159. The number of aliphatic hydroxyl groups excluding tert-OH is 1. The summed E-state index contributed by atoms with van der Waals surface area (Å²) >= 11 is 0. The van der Waals surface area contributed by atoms with Crippen LogP contribution in [-0.2, 0) is 6.54 Å². The molecular formula is C10H16N2O2. The maximum absolute atomic E-state index is 11.4. The minimum absolute atomic E-state index is 0.0719. The number of aromatic nitrogens is 1. The molecule has 1 heterocycles. The quantitative estimate of drug-likeness (QED) is 0.740. The minimum atomic E-state index is -0.400. The molecule has 0 saturated carbocycles. The van der Waals surface area contributed by atoms with Crippen LogP contribution in [0, 0.1) is 6.92 Å². The highest BCUT2D eigenvalue weighted by molar-refractivity contribution is 5.41. The SMILES string of the molecule is Cc1c(N)ccc(=O)n1CCC(C)O. The Morgan fingerprint density at radius 2 is 2.21 bits per heavy atom. The maximum Gasteiger partial charge on any atom is 0.250 e. The fourth-order valence-corrected chi connectivity index (χ4v) is 1.29. The van der Waals surface area contributed by atoms with Crippen molar-refractivity contribution in [2.75, 3.05) is 5.73 Å². The molecule has 14 heavy (non-hydrogen) atoms. The lowest BCUT2D eigenvalue weighted by Gasteiger charge is -2.12. The van der Waals surface area contributed by atoms with Gasteiger partial charge in [-0.05, 0) is 26.3 Å². The van der Waals surface area contributed by atoms with Gasteiger partial charge in [0.15, 0.2) is 0 Å². The van der Waals surface area contributed by atoms with Crippen LogP contribution in [0.5, 0.6) is 0 Å². The molecule has 0 aliphatic rings. The molecule has 0 radical (unpaired) electrons. The Labute approximate surface area is 83.0 Å². The van der Waals surface area contributed by atoms with E-state index in [0.29, 0.717) is 18.7 Å². The number of rotatable bonds is 3. The number of pyridine rings is 1. The number of anilines is 1. The predicted molar refractivity (Wildman–Crippen MR) is 56.1 cm³/mol. The van der Waals surface area contributed by atoms with E-state index >= 15 is 0 Å². The van der Waals surface area contributed by atoms with E-state index in [1.807, 2.05) is 0 Å². The van der Waals surface area contributed by atoms with Gasteiger partial charge in [-0.2, -0.15) is 0 Å². The molecule has 1 aromatic rings. The number of aliphatic hydroxyl groups is 1. The molecule has 1 aromatic heterocycles. The first-order valence-electron chi connectivity index (χ1n) is 4.66. The number of hydrogen-bond donors (Lipinski definition) is 2. The molecule has 0 bridgehead atoms. The van der Waals surface area contributed by atoms with Crippen LogP contribution in [0.4, 0.5) is 5.69 Å². The number of nitrogens with two attached hydrogens (primary N) is 1. The lowest BCUT2D eigenvalue weighted by molar-refractivity contribution is 0.177. The van der Waals surface area contributed by atoms with E-state index in [0.717, 1.165) is 5.69 Å². The van der Waals surface area contributed by atoms with E-state index in [-0.39, 0.29) is 5.56 Å². The molecule has 0 spiro atoms. The number of nitrogen functional groups attached to an aromatic ring is 1. The zero-order valence-electron chi connectivity index (χ0n) is 8.53. The van der Waals surface area contributed by atoms with Gasteiger partial charge >= 0.3 is 0 Å². The zero-order valence-corrected chi connectivity index (χ0v) is 8.53. The fraction of sp³-hybridized carbons (Fsp3) is 0.500. The third-order valence-electron chi connectivity index (χ3n) is 2.26. The third kappa shape index (κ3) is 2.35. The lowest BCUT2D eigenvalue weighted by atomic mass is 10.2. The van der Waals surface area contributed by atoms with Crippen LogP contribution in [0.15, 0.2) is 16.9 Å². The van der Waals surface area contributed by atoms with Gasteiger partial charge in [-0.3, -0.25) is 4.79 Å². The molecule has 4 heteroatoms. The molecular weight excluding hydrogens is 180 g/mol. The monoisotopic (exact) mass is 196 g/mol. The fourth-order valence-electron chi connectivity index (χ4n) is 1.29. The summed E-state index contributed by atoms with van der Waals surface area (Å²) in [6, 6.07) is 3.06. The van der Waals surface area contributed by atoms with Crippen LogP contribution in [0.2, 0.25) is 0 Å². The Morgan fingerprint density at radius 1 is 1.57 bits per heavy atom. The topological polar surface area (TPSA) is 68.2 Å². The van der Waals surface area contributed by atoms with Gasteiger partial charge in [-0.1, -0.05) is 0 Å². The maximum atomic E-state index is 11.4. The van der Waals surface area contributed by atoms with E-state index in [9.17, 15) is 4.79 Å². The van der Waals surface area contributed by atoms with Crippen molar-refractivity contribution in [3.8, 4) is 0 Å². The summed E-state index contributed by atoms with van der Waals surface area (Å²) in [5.74, 6) is 0. The van der Waals surface area contributed by atoms with E-state index < -0.39 is 6.10 Å². The summed E-state index contributed by atoms with van der Waals surface area (Å²) in [7, 11) is 0. The molecule has 78 valence electrons. The molecule has 4 nitrogen and oxygen atoms in total. The molecule has 1 unspecified atom stereocenters. The molecule has 1 rings (SSSR count). The highest BCUT2D eigenvalue weighted by atomic mass is 16.3. The highest BCUT2D eigenvalue weighted by Gasteiger charge is 2.04. The smallest absolute Gasteiger partial charge is 0.250 e. The van der Waals surface area contributed by atoms with Gasteiger partial charge in [0, 0.05) is 18.3 Å². The Morgan fingerprint density at radius 3 is 2.79 bits per heavy atom. The van der Waals surface area contributed by atoms with Crippen molar-refractivity contribution in [1.29, 1.82) is 0 Å². The van der Waals surface area contributed by atoms with Crippen LogP contribution < -0.4 is 11.3 Å². The Hall–Kier alpha value is -1.29. The second kappa shape index (κ2) is 4.28. The summed E-state index contributed by atoms with van der Waals surface area (Å²) in [4.78, 5) is 11.4. The summed E-state index contributed by atoms with van der Waals surface area (Å²) in [5.41, 5.74) is 6.97. The van der Waals surface area contributed by atoms with Gasteiger partial charge < -0.3 is 15.4 Å². The van der Waals surface area contributed by atoms with Crippen LogP contribution >= 0.6 is 0 Å². The second-order valence-corrected chi connectivity index (χ2v) is 3.50. The summed E-state index contributed by atoms with van der Waals surface area (Å²) in [5, 5.41) is 9.12. The second-order valence-electron chi connectivity index (χ2n) is 3.50. The molecule has 0 saturated heterocycles. The van der Waals surface area contributed by atoms with Gasteiger partial charge in [0.2, 0.25) is 0 Å². The van der Waals surface area contributed by atoms with Crippen LogP contribution in [-0.4, -0.2) is 15.8 Å². The minimum Gasteiger partial charge on any atom is -0.397 e. The Kier molecular flexibility index (Phi) is 3.30. The van der Waals surface area contributed by atoms with Crippen LogP contribution in [0.1, 0.15) is 19.0 Å².